The molecule has 20 heavy (non-hydrogen) atoms. The Morgan fingerprint density at radius 1 is 1.05 bits per heavy atom. The lowest BCUT2D eigenvalue weighted by Gasteiger charge is -2.11. The van der Waals surface area contributed by atoms with Gasteiger partial charge in [-0.05, 0) is 19.3 Å². The number of esters is 2. The average molecular weight is 280 g/mol. The van der Waals surface area contributed by atoms with Gasteiger partial charge in [-0.2, -0.15) is 0 Å². The number of rotatable bonds is 8. The molecule has 0 saturated heterocycles. The molecular formula is C16H24O4. The van der Waals surface area contributed by atoms with Crippen molar-refractivity contribution < 1.29 is 19.1 Å². The second kappa shape index (κ2) is 12.3. The maximum atomic E-state index is 11.5. The molecule has 0 aromatic carbocycles. The molecular weight excluding hydrogens is 256 g/mol. The summed E-state index contributed by atoms with van der Waals surface area (Å²) in [6.07, 6.45) is 5.80. The fourth-order valence-electron chi connectivity index (χ4n) is 1.26. The Hall–Kier alpha value is -1.76. The highest BCUT2D eigenvalue weighted by Crippen LogP contribution is 2.04. The van der Waals surface area contributed by atoms with Crippen LogP contribution in [0.2, 0.25) is 0 Å². The molecule has 0 rings (SSSR count). The van der Waals surface area contributed by atoms with Crippen molar-refractivity contribution in [1.29, 1.82) is 0 Å². The molecule has 0 aliphatic carbocycles. The molecule has 0 aromatic heterocycles. The van der Waals surface area contributed by atoms with Gasteiger partial charge >= 0.3 is 11.9 Å². The molecule has 0 aliphatic rings. The van der Waals surface area contributed by atoms with Crippen molar-refractivity contribution in [3.05, 3.63) is 12.2 Å². The smallest absolute Gasteiger partial charge is 0.331 e. The first-order valence-electron chi connectivity index (χ1n) is 7.15. The summed E-state index contributed by atoms with van der Waals surface area (Å²) >= 11 is 0. The molecule has 0 amide bonds. The first-order valence-corrected chi connectivity index (χ1v) is 7.15. The minimum Gasteiger partial charge on any atom is -0.463 e. The van der Waals surface area contributed by atoms with Crippen molar-refractivity contribution in [1.82, 2.24) is 0 Å². The number of carbonyl (C=O) groups excluding carboxylic acids is 2. The maximum absolute atomic E-state index is 11.5. The summed E-state index contributed by atoms with van der Waals surface area (Å²) < 4.78 is 10.0. The molecule has 0 bridgehead atoms. The highest BCUT2D eigenvalue weighted by atomic mass is 16.5. The van der Waals surface area contributed by atoms with E-state index in [1.807, 2.05) is 13.8 Å². The summed E-state index contributed by atoms with van der Waals surface area (Å²) in [5, 5.41) is 0. The van der Waals surface area contributed by atoms with Crippen LogP contribution < -0.4 is 0 Å². The number of carbonyl (C=O) groups is 2. The van der Waals surface area contributed by atoms with E-state index in [1.54, 1.807) is 0 Å². The Balaban J connectivity index is 4.12. The zero-order valence-corrected chi connectivity index (χ0v) is 12.6. The van der Waals surface area contributed by atoms with Gasteiger partial charge in [0.05, 0.1) is 6.61 Å². The average Bonchev–Trinajstić information content (AvgIpc) is 2.46. The summed E-state index contributed by atoms with van der Waals surface area (Å²) in [7, 11) is 0. The summed E-state index contributed by atoms with van der Waals surface area (Å²) in [5.74, 6) is 4.94. The molecule has 0 aromatic rings. The zero-order valence-electron chi connectivity index (χ0n) is 12.6. The van der Waals surface area contributed by atoms with E-state index >= 15 is 0 Å². The van der Waals surface area contributed by atoms with Crippen molar-refractivity contribution in [3.8, 4) is 11.8 Å². The molecule has 4 nitrogen and oxygen atoms in total. The molecule has 1 unspecified atom stereocenters. The van der Waals surface area contributed by atoms with E-state index in [1.165, 1.54) is 0 Å². The molecule has 0 saturated carbocycles. The molecule has 0 heterocycles. The quantitative estimate of drug-likeness (QED) is 0.389. The van der Waals surface area contributed by atoms with Crippen molar-refractivity contribution in [2.45, 2.75) is 59.0 Å². The number of ether oxygens (including phenoxy) is 2. The van der Waals surface area contributed by atoms with Gasteiger partial charge in [0.25, 0.3) is 0 Å². The minimum absolute atomic E-state index is 0.233. The first-order chi connectivity index (χ1) is 9.63. The second-order valence-electron chi connectivity index (χ2n) is 4.28. The second-order valence-corrected chi connectivity index (χ2v) is 4.28. The van der Waals surface area contributed by atoms with Crippen LogP contribution in [0, 0.1) is 11.8 Å². The van der Waals surface area contributed by atoms with Crippen LogP contribution in [0.4, 0.5) is 0 Å². The molecule has 0 aliphatic heterocycles. The zero-order chi connectivity index (χ0) is 15.2. The predicted molar refractivity (Wildman–Crippen MR) is 77.9 cm³/mol. The van der Waals surface area contributed by atoms with Gasteiger partial charge in [0.1, 0.15) is 6.10 Å². The van der Waals surface area contributed by atoms with Crippen LogP contribution in [0.1, 0.15) is 52.9 Å². The summed E-state index contributed by atoms with van der Waals surface area (Å²) in [6.45, 7) is 6.24. The monoisotopic (exact) mass is 280 g/mol. The Labute approximate surface area is 121 Å². The third kappa shape index (κ3) is 10.2. The molecule has 0 fully saturated rings. The molecule has 4 heteroatoms. The summed E-state index contributed by atoms with van der Waals surface area (Å²) in [5.41, 5.74) is 0. The lowest BCUT2D eigenvalue weighted by Crippen LogP contribution is -2.15. The Bertz CT molecular complexity index is 374. The maximum Gasteiger partial charge on any atom is 0.331 e. The van der Waals surface area contributed by atoms with Gasteiger partial charge in [-0.3, -0.25) is 0 Å². The molecule has 0 N–H and O–H groups in total. The molecule has 0 radical (unpaired) electrons. The van der Waals surface area contributed by atoms with E-state index in [0.29, 0.717) is 19.4 Å². The standard InChI is InChI=1S/C16H24O4/c1-4-7-8-9-10-14(6-3)20-16(18)12-11-15(17)19-13-5-2/h11-12,14H,4-7,10,13H2,1-3H3/b12-11+. The number of unbranched alkanes of at least 4 members (excludes halogenated alkanes) is 1. The van der Waals surface area contributed by atoms with Crippen LogP contribution >= 0.6 is 0 Å². The van der Waals surface area contributed by atoms with Crippen LogP contribution in [0.25, 0.3) is 0 Å². The molecule has 1 atom stereocenters. The summed E-state index contributed by atoms with van der Waals surface area (Å²) in [4.78, 5) is 22.7. The van der Waals surface area contributed by atoms with Crippen LogP contribution in [0.3, 0.4) is 0 Å². The number of hydrogen-bond acceptors (Lipinski definition) is 4. The van der Waals surface area contributed by atoms with E-state index in [0.717, 1.165) is 31.4 Å². The van der Waals surface area contributed by atoms with Crippen LogP contribution in [0.5, 0.6) is 0 Å². The van der Waals surface area contributed by atoms with Crippen molar-refractivity contribution in [2.75, 3.05) is 6.61 Å². The number of hydrogen-bond donors (Lipinski definition) is 0. The predicted octanol–water partition coefficient (Wildman–Crippen LogP) is 3.01. The third-order valence-electron chi connectivity index (χ3n) is 2.37. The van der Waals surface area contributed by atoms with Gasteiger partial charge in [0.2, 0.25) is 0 Å². The molecule has 112 valence electrons. The van der Waals surface area contributed by atoms with Crippen LogP contribution in [-0.2, 0) is 19.1 Å². The highest BCUT2D eigenvalue weighted by Gasteiger charge is 2.09. The topological polar surface area (TPSA) is 52.6 Å². The van der Waals surface area contributed by atoms with Gasteiger partial charge in [-0.1, -0.05) is 26.7 Å². The first kappa shape index (κ1) is 18.2. The minimum atomic E-state index is -0.539. The van der Waals surface area contributed by atoms with E-state index < -0.39 is 11.9 Å². The van der Waals surface area contributed by atoms with E-state index in [-0.39, 0.29) is 6.10 Å². The Morgan fingerprint density at radius 2 is 1.75 bits per heavy atom. The van der Waals surface area contributed by atoms with Gasteiger partial charge in [-0.15, -0.1) is 5.92 Å². The van der Waals surface area contributed by atoms with Gasteiger partial charge in [0, 0.05) is 25.0 Å². The van der Waals surface area contributed by atoms with Gasteiger partial charge in [0.15, 0.2) is 0 Å². The largest absolute Gasteiger partial charge is 0.463 e. The third-order valence-corrected chi connectivity index (χ3v) is 2.37. The lowest BCUT2D eigenvalue weighted by molar-refractivity contribution is -0.144. The fourth-order valence-corrected chi connectivity index (χ4v) is 1.26. The Morgan fingerprint density at radius 3 is 2.35 bits per heavy atom. The Kier molecular flexibility index (Phi) is 11.2. The summed E-state index contributed by atoms with van der Waals surface area (Å²) in [6, 6.07) is 0. The van der Waals surface area contributed by atoms with E-state index in [9.17, 15) is 9.59 Å². The molecule has 0 spiro atoms. The van der Waals surface area contributed by atoms with E-state index in [2.05, 4.69) is 18.8 Å². The van der Waals surface area contributed by atoms with E-state index in [4.69, 9.17) is 9.47 Å². The van der Waals surface area contributed by atoms with Gasteiger partial charge in [-0.25, -0.2) is 9.59 Å². The van der Waals surface area contributed by atoms with Crippen LogP contribution in [0.15, 0.2) is 12.2 Å². The highest BCUT2D eigenvalue weighted by molar-refractivity contribution is 5.91. The lowest BCUT2D eigenvalue weighted by atomic mass is 10.2. The van der Waals surface area contributed by atoms with Crippen molar-refractivity contribution in [2.24, 2.45) is 0 Å². The van der Waals surface area contributed by atoms with Crippen molar-refractivity contribution in [3.63, 3.8) is 0 Å². The van der Waals surface area contributed by atoms with Gasteiger partial charge < -0.3 is 9.47 Å². The van der Waals surface area contributed by atoms with Crippen LogP contribution in [-0.4, -0.2) is 24.6 Å². The normalized spacial score (nSPS) is 11.6. The fraction of sp³-hybridized carbons (Fsp3) is 0.625. The van der Waals surface area contributed by atoms with Crippen molar-refractivity contribution >= 4 is 11.9 Å². The SMILES string of the molecule is CCCC#CCC(CC)OC(=O)/C=C/C(=O)OCCC.